The molecule has 0 N–H and O–H groups in total. The van der Waals surface area contributed by atoms with Crippen molar-refractivity contribution in [2.45, 2.75) is 46.1 Å². The van der Waals surface area contributed by atoms with Crippen molar-refractivity contribution in [2.24, 2.45) is 0 Å². The van der Waals surface area contributed by atoms with Gasteiger partial charge in [-0.1, -0.05) is 25.1 Å². The molecule has 2 saturated heterocycles. The van der Waals surface area contributed by atoms with Crippen molar-refractivity contribution in [1.29, 1.82) is 0 Å². The Morgan fingerprint density at radius 1 is 1.05 bits per heavy atom. The van der Waals surface area contributed by atoms with Gasteiger partial charge in [-0.05, 0) is 80.7 Å². The van der Waals surface area contributed by atoms with Gasteiger partial charge in [0.2, 0.25) is 5.91 Å². The molecule has 0 saturated carbocycles. The molecule has 0 aliphatic carbocycles. The van der Waals surface area contributed by atoms with Gasteiger partial charge in [-0.2, -0.15) is 0 Å². The number of aryl methyl sites for hydroxylation is 1. The van der Waals surface area contributed by atoms with Crippen LogP contribution in [-0.2, 0) is 22.6 Å². The summed E-state index contributed by atoms with van der Waals surface area (Å²) in [6.07, 6.45) is 8.06. The van der Waals surface area contributed by atoms with Crippen molar-refractivity contribution in [3.63, 3.8) is 0 Å². The van der Waals surface area contributed by atoms with Crippen LogP contribution in [0, 0.1) is 0 Å². The summed E-state index contributed by atoms with van der Waals surface area (Å²) in [6.45, 7) is 6.58. The van der Waals surface area contributed by atoms with Gasteiger partial charge in [0.25, 0.3) is 5.91 Å². The molecule has 0 radical (unpaired) electrons. The van der Waals surface area contributed by atoms with E-state index in [4.69, 9.17) is 17.0 Å². The molecule has 7 nitrogen and oxygen atoms in total. The molecule has 3 heterocycles. The van der Waals surface area contributed by atoms with E-state index in [0.29, 0.717) is 23.1 Å². The van der Waals surface area contributed by atoms with Crippen molar-refractivity contribution < 1.29 is 14.3 Å². The first kappa shape index (κ1) is 26.0. The first-order valence-corrected chi connectivity index (χ1v) is 13.8. The summed E-state index contributed by atoms with van der Waals surface area (Å²) in [5.41, 5.74) is 4.31. The van der Waals surface area contributed by atoms with E-state index in [0.717, 1.165) is 54.6 Å². The fourth-order valence-corrected chi connectivity index (χ4v) is 5.66. The molecule has 2 aliphatic heterocycles. The number of aromatic nitrogens is 1. The zero-order valence-electron chi connectivity index (χ0n) is 22.3. The lowest BCUT2D eigenvalue weighted by Gasteiger charge is -2.27. The second-order valence-corrected chi connectivity index (χ2v) is 10.1. The van der Waals surface area contributed by atoms with Crippen molar-refractivity contribution in [3.05, 3.63) is 65.5 Å². The zero-order valence-corrected chi connectivity index (χ0v) is 23.1. The lowest BCUT2D eigenvalue weighted by atomic mass is 10.1. The van der Waals surface area contributed by atoms with Crippen LogP contribution < -0.4 is 9.64 Å². The third-order valence-electron chi connectivity index (χ3n) is 7.37. The molecule has 38 heavy (non-hydrogen) atoms. The van der Waals surface area contributed by atoms with Crippen LogP contribution in [0.4, 0.5) is 5.69 Å². The average molecular weight is 531 g/mol. The van der Waals surface area contributed by atoms with Crippen LogP contribution in [-0.4, -0.2) is 58.0 Å². The fourth-order valence-electron chi connectivity index (χ4n) is 5.37. The van der Waals surface area contributed by atoms with Gasteiger partial charge in [0.05, 0.1) is 17.8 Å². The summed E-state index contributed by atoms with van der Waals surface area (Å²) >= 11 is 5.67. The number of carbonyl (C=O) groups excluding carboxylic acids is 2. The van der Waals surface area contributed by atoms with E-state index in [2.05, 4.69) is 23.6 Å². The number of ether oxygens (including phenoxy) is 1. The number of hydrogen-bond acceptors (Lipinski definition) is 4. The maximum absolute atomic E-state index is 13.6. The second-order valence-electron chi connectivity index (χ2n) is 9.76. The number of thiocarbonyl (C=S) groups is 1. The quantitative estimate of drug-likeness (QED) is 0.310. The smallest absolute Gasteiger partial charge is 0.281 e. The van der Waals surface area contributed by atoms with Crippen molar-refractivity contribution in [1.82, 2.24) is 14.4 Å². The van der Waals surface area contributed by atoms with E-state index in [1.807, 2.05) is 61.5 Å². The Kier molecular flexibility index (Phi) is 7.51. The van der Waals surface area contributed by atoms with Gasteiger partial charge in [0.1, 0.15) is 18.0 Å². The van der Waals surface area contributed by atoms with Crippen LogP contribution in [0.1, 0.15) is 44.2 Å². The number of likely N-dealkylation sites (N-methyl/N-ethyl adjacent to an activating group) is 1. The summed E-state index contributed by atoms with van der Waals surface area (Å²) < 4.78 is 7.59. The third-order valence-corrected chi connectivity index (χ3v) is 7.82. The summed E-state index contributed by atoms with van der Waals surface area (Å²) in [6, 6.07) is 13.6. The van der Waals surface area contributed by atoms with Crippen LogP contribution >= 0.6 is 12.2 Å². The van der Waals surface area contributed by atoms with Gasteiger partial charge >= 0.3 is 0 Å². The van der Waals surface area contributed by atoms with E-state index >= 15 is 0 Å². The topological polar surface area (TPSA) is 58.0 Å². The predicted molar refractivity (Wildman–Crippen MR) is 155 cm³/mol. The Hall–Kier alpha value is -3.65. The highest BCUT2D eigenvalue weighted by atomic mass is 32.1. The molecular formula is C30H34N4O3S. The zero-order chi connectivity index (χ0) is 26.8. The molecule has 1 aromatic heterocycles. The Labute approximate surface area is 229 Å². The maximum Gasteiger partial charge on any atom is 0.281 e. The predicted octanol–water partition coefficient (Wildman–Crippen LogP) is 5.22. The minimum absolute atomic E-state index is 0.142. The lowest BCUT2D eigenvalue weighted by Crippen LogP contribution is -2.37. The number of carbonyl (C=O) groups is 2. The van der Waals surface area contributed by atoms with E-state index in [1.165, 1.54) is 12.0 Å². The molecule has 5 rings (SSSR count). The molecular weight excluding hydrogens is 496 g/mol. The van der Waals surface area contributed by atoms with Crippen molar-refractivity contribution >= 4 is 51.8 Å². The van der Waals surface area contributed by atoms with Gasteiger partial charge < -0.3 is 19.1 Å². The Morgan fingerprint density at radius 3 is 2.47 bits per heavy atom. The highest BCUT2D eigenvalue weighted by Gasteiger charge is 2.37. The molecule has 2 aliphatic rings. The minimum Gasteiger partial charge on any atom is -0.494 e. The van der Waals surface area contributed by atoms with Crippen molar-refractivity contribution in [3.8, 4) is 5.75 Å². The molecule has 3 aromatic rings. The number of nitrogens with zero attached hydrogens (tertiary/aromatic N) is 4. The number of piperidine rings is 1. The molecule has 0 spiro atoms. The number of fused-ring (bicyclic) bond motifs is 1. The van der Waals surface area contributed by atoms with Crippen LogP contribution in [0.3, 0.4) is 0 Å². The van der Waals surface area contributed by atoms with E-state index in [-0.39, 0.29) is 18.4 Å². The van der Waals surface area contributed by atoms with Gasteiger partial charge in [0.15, 0.2) is 5.11 Å². The number of rotatable bonds is 7. The summed E-state index contributed by atoms with van der Waals surface area (Å²) in [7, 11) is 1.82. The van der Waals surface area contributed by atoms with Crippen LogP contribution in [0.25, 0.3) is 17.0 Å². The molecule has 8 heteroatoms. The number of hydrogen-bond donors (Lipinski definition) is 0. The Morgan fingerprint density at radius 2 is 1.79 bits per heavy atom. The maximum atomic E-state index is 13.6. The molecule has 0 unspecified atom stereocenters. The number of benzene rings is 2. The van der Waals surface area contributed by atoms with Crippen LogP contribution in [0.2, 0.25) is 0 Å². The average Bonchev–Trinajstić information content (AvgIpc) is 3.39. The van der Waals surface area contributed by atoms with E-state index in [1.54, 1.807) is 9.80 Å². The fraction of sp³-hybridized carbons (Fsp3) is 0.367. The normalized spacial score (nSPS) is 17.2. The summed E-state index contributed by atoms with van der Waals surface area (Å²) in [5, 5.41) is 1.44. The van der Waals surface area contributed by atoms with E-state index < -0.39 is 0 Å². The first-order chi connectivity index (χ1) is 18.4. The highest BCUT2D eigenvalue weighted by Crippen LogP contribution is 2.32. The molecule has 2 aromatic carbocycles. The second kappa shape index (κ2) is 11.0. The highest BCUT2D eigenvalue weighted by molar-refractivity contribution is 7.80. The monoisotopic (exact) mass is 530 g/mol. The molecule has 0 bridgehead atoms. The van der Waals surface area contributed by atoms with Crippen LogP contribution in [0.15, 0.2) is 54.4 Å². The van der Waals surface area contributed by atoms with Gasteiger partial charge in [0, 0.05) is 37.3 Å². The van der Waals surface area contributed by atoms with Gasteiger partial charge in [-0.15, -0.1) is 0 Å². The lowest BCUT2D eigenvalue weighted by molar-refractivity contribution is -0.132. The number of anilines is 1. The molecule has 2 fully saturated rings. The largest absolute Gasteiger partial charge is 0.494 e. The van der Waals surface area contributed by atoms with Gasteiger partial charge in [-0.25, -0.2) is 0 Å². The number of amides is 2. The minimum atomic E-state index is -0.182. The van der Waals surface area contributed by atoms with E-state index in [9.17, 15) is 9.59 Å². The van der Waals surface area contributed by atoms with Gasteiger partial charge in [-0.3, -0.25) is 14.5 Å². The first-order valence-electron chi connectivity index (χ1n) is 13.4. The van der Waals surface area contributed by atoms with Crippen molar-refractivity contribution in [2.75, 3.05) is 31.6 Å². The SMILES string of the molecule is CCOc1ccc(N2C(=O)/C(=C/c3cn(CC(=O)N4CCCCC4)c4c(CC)cccc34)N(C)C2=S)cc1. The Bertz CT molecular complexity index is 1400. The number of likely N-dealkylation sites (tertiary alicyclic amines) is 1. The third kappa shape index (κ3) is 4.80. The standard InChI is InChI=1S/C30H34N4O3S/c1-4-21-10-9-11-25-22(19-33(28(21)25)20-27(35)32-16-7-6-8-17-32)18-26-29(36)34(30(38)31(26)3)23-12-14-24(15-13-23)37-5-2/h9-15,18-19H,4-8,16-17,20H2,1-3H3/b26-18-. The summed E-state index contributed by atoms with van der Waals surface area (Å²) in [5.74, 6) is 0.707. The number of para-hydroxylation sites is 1. The summed E-state index contributed by atoms with van der Waals surface area (Å²) in [4.78, 5) is 32.1. The Balaban J connectivity index is 1.50. The molecule has 198 valence electrons. The molecule has 0 atom stereocenters. The molecule has 2 amide bonds. The van der Waals surface area contributed by atoms with Crippen LogP contribution in [0.5, 0.6) is 5.75 Å².